The number of amides is 2. The number of carbonyl (C=O) groups is 1. The van der Waals surface area contributed by atoms with Crippen molar-refractivity contribution in [3.63, 3.8) is 0 Å². The number of sulfone groups is 1. The van der Waals surface area contributed by atoms with Crippen molar-refractivity contribution in [1.82, 2.24) is 10.6 Å². The first kappa shape index (κ1) is 16.3. The SMILES string of the molecule is CNC(=O)NC1(CS(=O)(=O)CC(C)C)CCCCC1. The third-order valence-corrected chi connectivity index (χ3v) is 5.67. The van der Waals surface area contributed by atoms with E-state index in [9.17, 15) is 13.2 Å². The molecule has 0 aliphatic heterocycles. The highest BCUT2D eigenvalue weighted by molar-refractivity contribution is 7.91. The van der Waals surface area contributed by atoms with Crippen molar-refractivity contribution >= 4 is 15.9 Å². The van der Waals surface area contributed by atoms with Crippen LogP contribution >= 0.6 is 0 Å². The predicted molar refractivity (Wildman–Crippen MR) is 76.9 cm³/mol. The zero-order valence-corrected chi connectivity index (χ0v) is 13.0. The zero-order valence-electron chi connectivity index (χ0n) is 12.2. The fourth-order valence-electron chi connectivity index (χ4n) is 2.83. The second-order valence-electron chi connectivity index (χ2n) is 5.99. The van der Waals surface area contributed by atoms with Crippen molar-refractivity contribution in [3.8, 4) is 0 Å². The largest absolute Gasteiger partial charge is 0.341 e. The Kier molecular flexibility index (Phi) is 5.64. The summed E-state index contributed by atoms with van der Waals surface area (Å²) < 4.78 is 24.4. The highest BCUT2D eigenvalue weighted by Gasteiger charge is 2.38. The lowest BCUT2D eigenvalue weighted by atomic mass is 9.83. The van der Waals surface area contributed by atoms with E-state index >= 15 is 0 Å². The normalized spacial score (nSPS) is 19.2. The van der Waals surface area contributed by atoms with Crippen LogP contribution in [0, 0.1) is 5.92 Å². The Balaban J connectivity index is 2.82. The Morgan fingerprint density at radius 3 is 2.26 bits per heavy atom. The van der Waals surface area contributed by atoms with Gasteiger partial charge in [0.05, 0.1) is 17.0 Å². The van der Waals surface area contributed by atoms with Crippen LogP contribution < -0.4 is 10.6 Å². The average Bonchev–Trinajstić information content (AvgIpc) is 2.26. The Labute approximate surface area is 116 Å². The van der Waals surface area contributed by atoms with Crippen LogP contribution in [-0.4, -0.2) is 38.5 Å². The number of rotatable bonds is 5. The molecule has 1 rings (SSSR count). The maximum atomic E-state index is 12.2. The van der Waals surface area contributed by atoms with Gasteiger partial charge in [-0.05, 0) is 18.8 Å². The first-order valence-corrected chi connectivity index (χ1v) is 8.81. The van der Waals surface area contributed by atoms with Crippen LogP contribution in [0.15, 0.2) is 0 Å². The van der Waals surface area contributed by atoms with Gasteiger partial charge in [-0.25, -0.2) is 13.2 Å². The first-order chi connectivity index (χ1) is 8.79. The minimum atomic E-state index is -3.14. The van der Waals surface area contributed by atoms with Gasteiger partial charge >= 0.3 is 6.03 Å². The van der Waals surface area contributed by atoms with Crippen LogP contribution in [-0.2, 0) is 9.84 Å². The highest BCUT2D eigenvalue weighted by atomic mass is 32.2. The highest BCUT2D eigenvalue weighted by Crippen LogP contribution is 2.30. The molecule has 0 radical (unpaired) electrons. The van der Waals surface area contributed by atoms with E-state index in [1.807, 2.05) is 13.8 Å². The molecule has 0 spiro atoms. The molecule has 0 aromatic rings. The van der Waals surface area contributed by atoms with Gasteiger partial charge in [-0.15, -0.1) is 0 Å². The molecule has 6 heteroatoms. The molecule has 19 heavy (non-hydrogen) atoms. The molecule has 112 valence electrons. The molecule has 5 nitrogen and oxygen atoms in total. The van der Waals surface area contributed by atoms with E-state index in [1.54, 1.807) is 7.05 Å². The lowest BCUT2D eigenvalue weighted by Crippen LogP contribution is -2.56. The molecule has 0 aromatic heterocycles. The van der Waals surface area contributed by atoms with E-state index < -0.39 is 15.4 Å². The minimum absolute atomic E-state index is 0.0611. The second kappa shape index (κ2) is 6.59. The van der Waals surface area contributed by atoms with Gasteiger partial charge in [0.2, 0.25) is 0 Å². The van der Waals surface area contributed by atoms with Crippen molar-refractivity contribution in [2.24, 2.45) is 5.92 Å². The molecule has 0 bridgehead atoms. The Bertz CT molecular complexity index is 398. The number of carbonyl (C=O) groups excluding carboxylic acids is 1. The maximum absolute atomic E-state index is 12.2. The summed E-state index contributed by atoms with van der Waals surface area (Å²) in [5, 5.41) is 5.40. The van der Waals surface area contributed by atoms with Crippen molar-refractivity contribution in [2.45, 2.75) is 51.5 Å². The molecule has 1 saturated carbocycles. The van der Waals surface area contributed by atoms with Gasteiger partial charge in [0, 0.05) is 7.05 Å². The fraction of sp³-hybridized carbons (Fsp3) is 0.923. The number of nitrogens with one attached hydrogen (secondary N) is 2. The molecular formula is C13H26N2O3S. The van der Waals surface area contributed by atoms with Gasteiger partial charge in [0.15, 0.2) is 9.84 Å². The van der Waals surface area contributed by atoms with Crippen LogP contribution in [0.1, 0.15) is 46.0 Å². The molecule has 1 aliphatic carbocycles. The molecule has 0 unspecified atom stereocenters. The number of hydrogen-bond acceptors (Lipinski definition) is 3. The summed E-state index contributed by atoms with van der Waals surface area (Å²) in [6.45, 7) is 3.80. The van der Waals surface area contributed by atoms with Crippen LogP contribution in [0.5, 0.6) is 0 Å². The van der Waals surface area contributed by atoms with Crippen molar-refractivity contribution < 1.29 is 13.2 Å². The van der Waals surface area contributed by atoms with Gasteiger partial charge in [-0.3, -0.25) is 0 Å². The molecule has 2 amide bonds. The molecule has 0 saturated heterocycles. The number of urea groups is 1. The summed E-state index contributed by atoms with van der Waals surface area (Å²) in [7, 11) is -1.59. The summed E-state index contributed by atoms with van der Waals surface area (Å²) in [4.78, 5) is 11.6. The summed E-state index contributed by atoms with van der Waals surface area (Å²) in [5.74, 6) is 0.362. The third kappa shape index (κ3) is 5.38. The van der Waals surface area contributed by atoms with Gasteiger partial charge in [0.25, 0.3) is 0 Å². The predicted octanol–water partition coefficient (Wildman–Crippen LogP) is 1.69. The summed E-state index contributed by atoms with van der Waals surface area (Å²) >= 11 is 0. The van der Waals surface area contributed by atoms with Crippen LogP contribution in [0.25, 0.3) is 0 Å². The van der Waals surface area contributed by atoms with Crippen LogP contribution in [0.4, 0.5) is 4.79 Å². The molecule has 0 heterocycles. The van der Waals surface area contributed by atoms with Gasteiger partial charge < -0.3 is 10.6 Å². The van der Waals surface area contributed by atoms with E-state index in [4.69, 9.17) is 0 Å². The van der Waals surface area contributed by atoms with Crippen molar-refractivity contribution in [2.75, 3.05) is 18.6 Å². The monoisotopic (exact) mass is 290 g/mol. The minimum Gasteiger partial charge on any atom is -0.341 e. The van der Waals surface area contributed by atoms with E-state index in [2.05, 4.69) is 10.6 Å². The molecule has 1 fully saturated rings. The van der Waals surface area contributed by atoms with E-state index in [0.29, 0.717) is 0 Å². The van der Waals surface area contributed by atoms with E-state index in [-0.39, 0.29) is 23.5 Å². The standard InChI is InChI=1S/C13H26N2O3S/c1-11(2)9-19(17,18)10-13(15-12(16)14-3)7-5-4-6-8-13/h11H,4-10H2,1-3H3,(H2,14,15,16). The van der Waals surface area contributed by atoms with Crippen molar-refractivity contribution in [1.29, 1.82) is 0 Å². The summed E-state index contributed by atoms with van der Waals surface area (Å²) in [6.07, 6.45) is 4.55. The molecule has 2 N–H and O–H groups in total. The lowest BCUT2D eigenvalue weighted by Gasteiger charge is -2.37. The lowest BCUT2D eigenvalue weighted by molar-refractivity contribution is 0.214. The first-order valence-electron chi connectivity index (χ1n) is 6.99. The molecule has 0 atom stereocenters. The van der Waals surface area contributed by atoms with Crippen molar-refractivity contribution in [3.05, 3.63) is 0 Å². The fourth-order valence-corrected chi connectivity index (χ4v) is 5.16. The van der Waals surface area contributed by atoms with Gasteiger partial charge in [-0.2, -0.15) is 0 Å². The molecule has 1 aliphatic rings. The topological polar surface area (TPSA) is 75.3 Å². The third-order valence-electron chi connectivity index (χ3n) is 3.50. The number of hydrogen-bond donors (Lipinski definition) is 2. The van der Waals surface area contributed by atoms with Crippen LogP contribution in [0.3, 0.4) is 0 Å². The quantitative estimate of drug-likeness (QED) is 0.809. The summed E-state index contributed by atoms with van der Waals surface area (Å²) in [6, 6.07) is -0.290. The van der Waals surface area contributed by atoms with E-state index in [1.165, 1.54) is 0 Å². The molecular weight excluding hydrogens is 264 g/mol. The van der Waals surface area contributed by atoms with E-state index in [0.717, 1.165) is 32.1 Å². The maximum Gasteiger partial charge on any atom is 0.314 e. The van der Waals surface area contributed by atoms with Gasteiger partial charge in [-0.1, -0.05) is 33.1 Å². The Hall–Kier alpha value is -0.780. The van der Waals surface area contributed by atoms with Crippen LogP contribution in [0.2, 0.25) is 0 Å². The molecule has 0 aromatic carbocycles. The van der Waals surface area contributed by atoms with Gasteiger partial charge in [0.1, 0.15) is 0 Å². The Morgan fingerprint density at radius 2 is 1.79 bits per heavy atom. The second-order valence-corrected chi connectivity index (χ2v) is 8.10. The smallest absolute Gasteiger partial charge is 0.314 e. The Morgan fingerprint density at radius 1 is 1.21 bits per heavy atom. The zero-order chi connectivity index (χ0) is 14.5. The average molecular weight is 290 g/mol. The summed E-state index contributed by atoms with van der Waals surface area (Å²) in [5.41, 5.74) is -0.577.